The Balaban J connectivity index is 1.82. The first-order valence-electron chi connectivity index (χ1n) is 5.01. The number of nitrogens with zero attached hydrogens (tertiary/aromatic N) is 2. The molecule has 4 nitrogen and oxygen atoms in total. The fourth-order valence-electron chi connectivity index (χ4n) is 1.28. The monoisotopic (exact) mass is 235 g/mol. The average Bonchev–Trinajstić information content (AvgIpc) is 2.67. The fraction of sp³-hybridized carbons (Fsp3) is 0.273. The van der Waals surface area contributed by atoms with Crippen molar-refractivity contribution in [1.29, 1.82) is 0 Å². The maximum atomic E-state index is 5.61. The lowest BCUT2D eigenvalue weighted by atomic mass is 10.2. The Morgan fingerprint density at radius 1 is 1.25 bits per heavy atom. The minimum atomic E-state index is 0.606. The van der Waals surface area contributed by atoms with E-state index in [0.717, 1.165) is 17.9 Å². The molecule has 16 heavy (non-hydrogen) atoms. The van der Waals surface area contributed by atoms with E-state index in [2.05, 4.69) is 10.2 Å². The zero-order chi connectivity index (χ0) is 11.4. The molecule has 0 atom stereocenters. The van der Waals surface area contributed by atoms with Gasteiger partial charge in [-0.2, -0.15) is 0 Å². The summed E-state index contributed by atoms with van der Waals surface area (Å²) < 4.78 is 5.26. The lowest BCUT2D eigenvalue weighted by Crippen LogP contribution is -1.90. The van der Waals surface area contributed by atoms with Crippen LogP contribution in [0.3, 0.4) is 0 Å². The highest BCUT2D eigenvalue weighted by molar-refractivity contribution is 7.99. The van der Waals surface area contributed by atoms with Crippen LogP contribution in [0.2, 0.25) is 0 Å². The molecule has 0 amide bonds. The average molecular weight is 235 g/mol. The quantitative estimate of drug-likeness (QED) is 0.650. The van der Waals surface area contributed by atoms with Crippen LogP contribution in [0.1, 0.15) is 11.5 Å². The zero-order valence-corrected chi connectivity index (χ0v) is 9.83. The van der Waals surface area contributed by atoms with Crippen LogP contribution < -0.4 is 5.73 Å². The maximum Gasteiger partial charge on any atom is 0.276 e. The number of benzene rings is 1. The van der Waals surface area contributed by atoms with Gasteiger partial charge in [-0.25, -0.2) is 0 Å². The molecule has 2 rings (SSSR count). The molecular formula is C11H13N3OS. The van der Waals surface area contributed by atoms with Crippen LogP contribution in [-0.4, -0.2) is 16.0 Å². The second kappa shape index (κ2) is 5.03. The van der Waals surface area contributed by atoms with Gasteiger partial charge in [0.15, 0.2) is 0 Å². The first kappa shape index (κ1) is 11.0. The molecule has 0 bridgehead atoms. The Hall–Kier alpha value is -1.49. The molecule has 0 radical (unpaired) electrons. The largest absolute Gasteiger partial charge is 0.416 e. The van der Waals surface area contributed by atoms with Gasteiger partial charge < -0.3 is 10.2 Å². The summed E-state index contributed by atoms with van der Waals surface area (Å²) in [6, 6.07) is 7.90. The van der Waals surface area contributed by atoms with Crippen LogP contribution in [0.25, 0.3) is 0 Å². The molecule has 2 N–H and O–H groups in total. The Labute approximate surface area is 98.2 Å². The number of nitrogens with two attached hydrogens (primary N) is 1. The van der Waals surface area contributed by atoms with Gasteiger partial charge in [-0.1, -0.05) is 23.9 Å². The molecule has 5 heteroatoms. The van der Waals surface area contributed by atoms with E-state index >= 15 is 0 Å². The summed E-state index contributed by atoms with van der Waals surface area (Å²) in [5, 5.41) is 8.32. The van der Waals surface area contributed by atoms with E-state index in [1.54, 1.807) is 18.7 Å². The normalized spacial score (nSPS) is 10.6. The van der Waals surface area contributed by atoms with Gasteiger partial charge >= 0.3 is 0 Å². The molecule has 0 aliphatic carbocycles. The summed E-state index contributed by atoms with van der Waals surface area (Å²) >= 11 is 1.57. The number of rotatable bonds is 4. The summed E-state index contributed by atoms with van der Waals surface area (Å²) in [6.45, 7) is 1.79. The summed E-state index contributed by atoms with van der Waals surface area (Å²) in [6.07, 6.45) is 0.965. The van der Waals surface area contributed by atoms with Crippen LogP contribution in [0.4, 0.5) is 5.69 Å². The first-order chi connectivity index (χ1) is 7.74. The molecule has 0 unspecified atom stereocenters. The SMILES string of the molecule is Cc1nnc(SCCc2ccc(N)cc2)o1. The molecule has 0 spiro atoms. The van der Waals surface area contributed by atoms with Crippen LogP contribution >= 0.6 is 11.8 Å². The minimum absolute atomic E-state index is 0.606. The van der Waals surface area contributed by atoms with E-state index < -0.39 is 0 Å². The molecule has 0 saturated heterocycles. The van der Waals surface area contributed by atoms with Crippen LogP contribution in [-0.2, 0) is 6.42 Å². The summed E-state index contributed by atoms with van der Waals surface area (Å²) in [7, 11) is 0. The Morgan fingerprint density at radius 2 is 2.00 bits per heavy atom. The Bertz CT molecular complexity index is 453. The molecule has 1 aromatic carbocycles. The number of thioether (sulfide) groups is 1. The van der Waals surface area contributed by atoms with Crippen molar-refractivity contribution in [2.24, 2.45) is 0 Å². The number of anilines is 1. The molecule has 2 aromatic rings. The van der Waals surface area contributed by atoms with Gasteiger partial charge in [-0.05, 0) is 24.1 Å². The van der Waals surface area contributed by atoms with Crippen molar-refractivity contribution in [3.63, 3.8) is 0 Å². The first-order valence-corrected chi connectivity index (χ1v) is 6.00. The number of aromatic nitrogens is 2. The lowest BCUT2D eigenvalue weighted by Gasteiger charge is -1.99. The van der Waals surface area contributed by atoms with Gasteiger partial charge in [-0.3, -0.25) is 0 Å². The highest BCUT2D eigenvalue weighted by atomic mass is 32.2. The summed E-state index contributed by atoms with van der Waals surface area (Å²) in [5.74, 6) is 1.53. The van der Waals surface area contributed by atoms with E-state index in [0.29, 0.717) is 11.1 Å². The standard InChI is InChI=1S/C11H13N3OS/c1-8-13-14-11(15-8)16-7-6-9-2-4-10(12)5-3-9/h2-5H,6-7,12H2,1H3. The van der Waals surface area contributed by atoms with Crippen molar-refractivity contribution in [2.75, 3.05) is 11.5 Å². The van der Waals surface area contributed by atoms with Gasteiger partial charge in [0.25, 0.3) is 5.22 Å². The van der Waals surface area contributed by atoms with Crippen LogP contribution in [0, 0.1) is 6.92 Å². The molecule has 1 heterocycles. The second-order valence-electron chi connectivity index (χ2n) is 3.43. The Kier molecular flexibility index (Phi) is 3.46. The van der Waals surface area contributed by atoms with Gasteiger partial charge in [0.2, 0.25) is 5.89 Å². The van der Waals surface area contributed by atoms with Gasteiger partial charge in [-0.15, -0.1) is 10.2 Å². The third-order valence-corrected chi connectivity index (χ3v) is 2.92. The molecular weight excluding hydrogens is 222 g/mol. The molecule has 0 aliphatic rings. The highest BCUT2D eigenvalue weighted by Gasteiger charge is 2.02. The molecule has 84 valence electrons. The number of hydrogen-bond acceptors (Lipinski definition) is 5. The minimum Gasteiger partial charge on any atom is -0.416 e. The predicted molar refractivity (Wildman–Crippen MR) is 64.3 cm³/mol. The Morgan fingerprint density at radius 3 is 2.62 bits per heavy atom. The van der Waals surface area contributed by atoms with E-state index in [1.807, 2.05) is 24.3 Å². The second-order valence-corrected chi connectivity index (χ2v) is 4.47. The molecule has 0 saturated carbocycles. The van der Waals surface area contributed by atoms with E-state index in [4.69, 9.17) is 10.2 Å². The highest BCUT2D eigenvalue weighted by Crippen LogP contribution is 2.17. The van der Waals surface area contributed by atoms with Crippen molar-refractivity contribution in [2.45, 2.75) is 18.6 Å². The number of hydrogen-bond donors (Lipinski definition) is 1. The van der Waals surface area contributed by atoms with E-state index in [1.165, 1.54) is 5.56 Å². The van der Waals surface area contributed by atoms with Crippen molar-refractivity contribution in [1.82, 2.24) is 10.2 Å². The van der Waals surface area contributed by atoms with Crippen molar-refractivity contribution in [3.8, 4) is 0 Å². The smallest absolute Gasteiger partial charge is 0.276 e. The van der Waals surface area contributed by atoms with E-state index in [-0.39, 0.29) is 0 Å². The van der Waals surface area contributed by atoms with Gasteiger partial charge in [0, 0.05) is 18.4 Å². The van der Waals surface area contributed by atoms with Crippen LogP contribution in [0.15, 0.2) is 33.9 Å². The van der Waals surface area contributed by atoms with E-state index in [9.17, 15) is 0 Å². The van der Waals surface area contributed by atoms with Gasteiger partial charge in [0.1, 0.15) is 0 Å². The van der Waals surface area contributed by atoms with Crippen molar-refractivity contribution < 1.29 is 4.42 Å². The van der Waals surface area contributed by atoms with Gasteiger partial charge in [0.05, 0.1) is 0 Å². The summed E-state index contributed by atoms with van der Waals surface area (Å²) in [4.78, 5) is 0. The van der Waals surface area contributed by atoms with Crippen molar-refractivity contribution in [3.05, 3.63) is 35.7 Å². The molecule has 0 fully saturated rings. The third kappa shape index (κ3) is 3.00. The maximum absolute atomic E-state index is 5.61. The topological polar surface area (TPSA) is 64.9 Å². The fourth-order valence-corrected chi connectivity index (χ4v) is 2.07. The predicted octanol–water partition coefficient (Wildman–Crippen LogP) is 2.30. The molecule has 1 aromatic heterocycles. The van der Waals surface area contributed by atoms with Crippen molar-refractivity contribution >= 4 is 17.4 Å². The zero-order valence-electron chi connectivity index (χ0n) is 9.01. The third-order valence-electron chi connectivity index (χ3n) is 2.10. The summed E-state index contributed by atoms with van der Waals surface area (Å²) in [5.41, 5.74) is 7.67. The number of aryl methyl sites for hydroxylation is 2. The lowest BCUT2D eigenvalue weighted by molar-refractivity contribution is 0.429. The number of nitrogen functional groups attached to an aromatic ring is 1. The molecule has 0 aliphatic heterocycles. The van der Waals surface area contributed by atoms with Crippen LogP contribution in [0.5, 0.6) is 0 Å².